The first-order chi connectivity index (χ1) is 11.8. The molecule has 0 heterocycles. The van der Waals surface area contributed by atoms with E-state index in [0.29, 0.717) is 0 Å². The van der Waals surface area contributed by atoms with Crippen molar-refractivity contribution in [2.75, 3.05) is 5.43 Å². The summed E-state index contributed by atoms with van der Waals surface area (Å²) in [5.41, 5.74) is 9.51. The number of hydrazone groups is 1. The number of nitrogens with one attached hydrogen (secondary N) is 1. The van der Waals surface area contributed by atoms with E-state index in [0.717, 1.165) is 22.4 Å². The van der Waals surface area contributed by atoms with Gasteiger partial charge in [0.15, 0.2) is 0 Å². The molecule has 0 saturated heterocycles. The summed E-state index contributed by atoms with van der Waals surface area (Å²) in [5, 5.41) is 24.5. The van der Waals surface area contributed by atoms with Crippen molar-refractivity contribution in [3.63, 3.8) is 0 Å². The van der Waals surface area contributed by atoms with E-state index in [9.17, 15) is 10.1 Å². The molecule has 0 aliphatic carbocycles. The van der Waals surface area contributed by atoms with Gasteiger partial charge < -0.3 is 0 Å². The molecule has 0 fully saturated rings. The molecule has 0 radical (unpaired) electrons. The molecule has 2 rings (SSSR count). The molecule has 25 heavy (non-hydrogen) atoms. The van der Waals surface area contributed by atoms with E-state index in [1.165, 1.54) is 29.3 Å². The summed E-state index contributed by atoms with van der Waals surface area (Å²) in [6.07, 6.45) is 0. The van der Waals surface area contributed by atoms with Gasteiger partial charge >= 0.3 is 0 Å². The molecular weight excluding hydrogens is 316 g/mol. The van der Waals surface area contributed by atoms with Gasteiger partial charge in [-0.15, -0.1) is 0 Å². The molecule has 0 amide bonds. The molecule has 0 unspecified atom stereocenters. The highest BCUT2D eigenvalue weighted by molar-refractivity contribution is 6.02. The smallest absolute Gasteiger partial charge is 0.271 e. The van der Waals surface area contributed by atoms with E-state index in [-0.39, 0.29) is 16.9 Å². The molecule has 2 aromatic rings. The number of aryl methyl sites for hydroxylation is 2. The van der Waals surface area contributed by atoms with Crippen LogP contribution in [0.1, 0.15) is 40.3 Å². The van der Waals surface area contributed by atoms with Gasteiger partial charge in [0, 0.05) is 11.6 Å². The van der Waals surface area contributed by atoms with Crippen molar-refractivity contribution in [2.24, 2.45) is 5.10 Å². The monoisotopic (exact) mass is 336 g/mol. The molecule has 0 aliphatic heterocycles. The molecule has 2 aromatic carbocycles. The Morgan fingerprint density at radius 2 is 1.76 bits per heavy atom. The average molecular weight is 336 g/mol. The molecule has 1 N–H and O–H groups in total. The maximum atomic E-state index is 11.2. The second-order valence-corrected chi connectivity index (χ2v) is 6.05. The van der Waals surface area contributed by atoms with Crippen molar-refractivity contribution in [1.82, 2.24) is 0 Å². The Balaban J connectivity index is 2.45. The fourth-order valence-corrected chi connectivity index (χ4v) is 2.81. The van der Waals surface area contributed by atoms with Gasteiger partial charge in [0.1, 0.15) is 5.69 Å². The van der Waals surface area contributed by atoms with Crippen LogP contribution >= 0.6 is 0 Å². The van der Waals surface area contributed by atoms with Crippen LogP contribution in [0.2, 0.25) is 0 Å². The number of benzene rings is 2. The van der Waals surface area contributed by atoms with E-state index in [2.05, 4.69) is 30.4 Å². The highest BCUT2D eigenvalue weighted by atomic mass is 16.6. The first kappa shape index (κ1) is 18.1. The Hall–Kier alpha value is -3.20. The highest BCUT2D eigenvalue weighted by Crippen LogP contribution is 2.26. The van der Waals surface area contributed by atoms with Crippen molar-refractivity contribution < 1.29 is 4.92 Å². The lowest BCUT2D eigenvalue weighted by atomic mass is 9.92. The number of anilines is 1. The zero-order valence-corrected chi connectivity index (χ0v) is 15.0. The normalized spacial score (nSPS) is 11.1. The first-order valence-electron chi connectivity index (χ1n) is 7.82. The van der Waals surface area contributed by atoms with Gasteiger partial charge in [-0.05, 0) is 69.0 Å². The zero-order chi connectivity index (χ0) is 18.7. The lowest BCUT2D eigenvalue weighted by Gasteiger charge is -2.15. The van der Waals surface area contributed by atoms with Crippen molar-refractivity contribution in [2.45, 2.75) is 34.6 Å². The number of rotatable bonds is 4. The Morgan fingerprint density at radius 3 is 2.28 bits per heavy atom. The second kappa shape index (κ2) is 7.14. The number of hydrogen-bond donors (Lipinski definition) is 1. The van der Waals surface area contributed by atoms with Crippen LogP contribution in [0.5, 0.6) is 0 Å². The van der Waals surface area contributed by atoms with Crippen molar-refractivity contribution in [1.29, 1.82) is 5.26 Å². The molecule has 0 aromatic heterocycles. The standard InChI is InChI=1S/C19H20N4O2/c1-11-8-12(2)14(4)19(13(11)3)15(5)21-22-17-7-6-16(10-20)9-18(17)23(24)25/h6-9,22H,1-5H3/b21-15+. The zero-order valence-electron chi connectivity index (χ0n) is 15.0. The van der Waals surface area contributed by atoms with Crippen LogP contribution in [-0.4, -0.2) is 10.6 Å². The van der Waals surface area contributed by atoms with E-state index in [1.54, 1.807) is 0 Å². The summed E-state index contributed by atoms with van der Waals surface area (Å²) in [5.74, 6) is 0. The predicted octanol–water partition coefficient (Wildman–Crippen LogP) is 4.54. The third-order valence-corrected chi connectivity index (χ3v) is 4.40. The molecule has 0 spiro atoms. The quantitative estimate of drug-likeness (QED) is 0.504. The Bertz CT molecular complexity index is 898. The summed E-state index contributed by atoms with van der Waals surface area (Å²) in [6.45, 7) is 10.1. The minimum atomic E-state index is -0.526. The number of nitro benzene ring substituents is 1. The first-order valence-corrected chi connectivity index (χ1v) is 7.82. The molecule has 0 bridgehead atoms. The van der Waals surface area contributed by atoms with Crippen LogP contribution in [-0.2, 0) is 0 Å². The van der Waals surface area contributed by atoms with Crippen molar-refractivity contribution >= 4 is 17.1 Å². The number of nitriles is 1. The highest BCUT2D eigenvalue weighted by Gasteiger charge is 2.15. The molecule has 6 nitrogen and oxygen atoms in total. The van der Waals surface area contributed by atoms with Crippen LogP contribution in [0.15, 0.2) is 29.4 Å². The van der Waals surface area contributed by atoms with Gasteiger partial charge in [-0.2, -0.15) is 10.4 Å². The van der Waals surface area contributed by atoms with E-state index in [4.69, 9.17) is 5.26 Å². The molecule has 6 heteroatoms. The van der Waals surface area contributed by atoms with Crippen LogP contribution in [0.25, 0.3) is 0 Å². The van der Waals surface area contributed by atoms with Gasteiger partial charge in [-0.25, -0.2) is 0 Å². The van der Waals surface area contributed by atoms with Gasteiger partial charge in [-0.1, -0.05) is 6.07 Å². The lowest BCUT2D eigenvalue weighted by Crippen LogP contribution is -2.08. The van der Waals surface area contributed by atoms with Crippen LogP contribution in [0, 0.1) is 49.1 Å². The summed E-state index contributed by atoms with van der Waals surface area (Å²) < 4.78 is 0. The lowest BCUT2D eigenvalue weighted by molar-refractivity contribution is -0.384. The number of hydrogen-bond acceptors (Lipinski definition) is 5. The minimum absolute atomic E-state index is 0.176. The fourth-order valence-electron chi connectivity index (χ4n) is 2.81. The number of nitro groups is 1. The van der Waals surface area contributed by atoms with Crippen LogP contribution in [0.3, 0.4) is 0 Å². The Morgan fingerprint density at radius 1 is 1.16 bits per heavy atom. The third kappa shape index (κ3) is 3.66. The van der Waals surface area contributed by atoms with Gasteiger partial charge in [0.2, 0.25) is 0 Å². The summed E-state index contributed by atoms with van der Waals surface area (Å²) in [4.78, 5) is 10.7. The Labute approximate surface area is 147 Å². The summed E-state index contributed by atoms with van der Waals surface area (Å²) >= 11 is 0. The Kier molecular flexibility index (Phi) is 5.18. The minimum Gasteiger partial charge on any atom is -0.271 e. The summed E-state index contributed by atoms with van der Waals surface area (Å²) in [7, 11) is 0. The van der Waals surface area contributed by atoms with Gasteiger partial charge in [0.25, 0.3) is 5.69 Å². The fraction of sp³-hybridized carbons (Fsp3) is 0.263. The van der Waals surface area contributed by atoms with Crippen molar-refractivity contribution in [3.05, 3.63) is 67.8 Å². The van der Waals surface area contributed by atoms with E-state index >= 15 is 0 Å². The maximum absolute atomic E-state index is 11.2. The van der Waals surface area contributed by atoms with Gasteiger partial charge in [-0.3, -0.25) is 15.5 Å². The van der Waals surface area contributed by atoms with E-state index in [1.807, 2.05) is 26.8 Å². The molecule has 0 aliphatic rings. The third-order valence-electron chi connectivity index (χ3n) is 4.40. The molecular formula is C19H20N4O2. The van der Waals surface area contributed by atoms with Crippen LogP contribution in [0.4, 0.5) is 11.4 Å². The van der Waals surface area contributed by atoms with Crippen LogP contribution < -0.4 is 5.43 Å². The van der Waals surface area contributed by atoms with Crippen molar-refractivity contribution in [3.8, 4) is 6.07 Å². The predicted molar refractivity (Wildman–Crippen MR) is 99.0 cm³/mol. The molecule has 0 saturated carbocycles. The number of nitrogens with zero attached hydrogens (tertiary/aromatic N) is 3. The topological polar surface area (TPSA) is 91.3 Å². The SMILES string of the molecule is C/C(=N\Nc1ccc(C#N)cc1[N+](=O)[O-])c1c(C)c(C)cc(C)c1C. The summed E-state index contributed by atoms with van der Waals surface area (Å²) in [6, 6.07) is 8.29. The molecule has 0 atom stereocenters. The largest absolute Gasteiger partial charge is 0.295 e. The second-order valence-electron chi connectivity index (χ2n) is 6.05. The maximum Gasteiger partial charge on any atom is 0.295 e. The average Bonchev–Trinajstić information content (AvgIpc) is 2.58. The van der Waals surface area contributed by atoms with Gasteiger partial charge in [0.05, 0.1) is 22.3 Å². The molecule has 128 valence electrons. The van der Waals surface area contributed by atoms with E-state index < -0.39 is 4.92 Å².